The lowest BCUT2D eigenvalue weighted by molar-refractivity contribution is 0.0149. The van der Waals surface area contributed by atoms with Crippen molar-refractivity contribution in [2.45, 2.75) is 19.3 Å². The normalized spacial score (nSPS) is 11.6. The molecule has 0 radical (unpaired) electrons. The molecule has 0 saturated heterocycles. The van der Waals surface area contributed by atoms with Crippen LogP contribution in [0.4, 0.5) is 8.78 Å². The summed E-state index contributed by atoms with van der Waals surface area (Å²) in [5, 5.41) is 0. The molecule has 0 bridgehead atoms. The topological polar surface area (TPSA) is 44.5 Å². The molecule has 0 heterocycles. The number of hydrogen-bond acceptors (Lipinski definition) is 3. The third kappa shape index (κ3) is 2.90. The molecule has 16 heavy (non-hydrogen) atoms. The maximum Gasteiger partial charge on any atom is 0.274 e. The van der Waals surface area contributed by atoms with Crippen molar-refractivity contribution >= 4 is 0 Å². The monoisotopic (exact) mass is 231 g/mol. The summed E-state index contributed by atoms with van der Waals surface area (Å²) in [5.74, 6) is 2.18. The molecule has 0 aliphatic heterocycles. The lowest BCUT2D eigenvalue weighted by Gasteiger charge is -2.17. The minimum Gasteiger partial charge on any atom is -0.496 e. The van der Waals surface area contributed by atoms with Gasteiger partial charge in [-0.15, -0.1) is 0 Å². The van der Waals surface area contributed by atoms with Gasteiger partial charge in [-0.2, -0.15) is 0 Å². The zero-order valence-electron chi connectivity index (χ0n) is 9.30. The maximum atomic E-state index is 13.3. The van der Waals surface area contributed by atoms with E-state index in [-0.39, 0.29) is 17.9 Å². The highest BCUT2D eigenvalue weighted by molar-refractivity contribution is 5.43. The van der Waals surface area contributed by atoms with Crippen LogP contribution in [0.1, 0.15) is 18.1 Å². The zero-order chi connectivity index (χ0) is 12.2. The predicted molar refractivity (Wildman–Crippen MR) is 56.4 cm³/mol. The minimum atomic E-state index is -2.93. The average molecular weight is 231 g/mol. The molecule has 0 aromatic heterocycles. The van der Waals surface area contributed by atoms with Crippen LogP contribution in [0.5, 0.6) is 5.75 Å². The molecule has 0 spiro atoms. The van der Waals surface area contributed by atoms with E-state index in [1.807, 2.05) is 0 Å². The van der Waals surface area contributed by atoms with E-state index >= 15 is 0 Å². The Kier molecular flexibility index (Phi) is 4.20. The van der Waals surface area contributed by atoms with Crippen molar-refractivity contribution in [2.24, 2.45) is 5.90 Å². The van der Waals surface area contributed by atoms with Crippen LogP contribution in [0, 0.1) is 0 Å². The first-order valence-corrected chi connectivity index (χ1v) is 4.86. The number of para-hydroxylation sites is 1. The highest BCUT2D eigenvalue weighted by atomic mass is 19.3. The predicted octanol–water partition coefficient (Wildman–Crippen LogP) is 2.24. The number of halogens is 2. The van der Waals surface area contributed by atoms with Gasteiger partial charge in [0.15, 0.2) is 0 Å². The van der Waals surface area contributed by atoms with Gasteiger partial charge in [0.2, 0.25) is 0 Å². The van der Waals surface area contributed by atoms with E-state index in [0.29, 0.717) is 12.0 Å². The lowest BCUT2D eigenvalue weighted by Crippen LogP contribution is -2.12. The summed E-state index contributed by atoms with van der Waals surface area (Å²) in [6, 6.07) is 4.64. The summed E-state index contributed by atoms with van der Waals surface area (Å²) >= 11 is 0. The summed E-state index contributed by atoms with van der Waals surface area (Å²) < 4.78 is 31.6. The smallest absolute Gasteiger partial charge is 0.274 e. The van der Waals surface area contributed by atoms with Gasteiger partial charge in [0.05, 0.1) is 19.3 Å². The van der Waals surface area contributed by atoms with E-state index in [9.17, 15) is 8.78 Å². The second kappa shape index (κ2) is 5.23. The van der Waals surface area contributed by atoms with E-state index in [4.69, 9.17) is 10.6 Å². The highest BCUT2D eigenvalue weighted by Gasteiger charge is 2.29. The van der Waals surface area contributed by atoms with Crippen LogP contribution >= 0.6 is 0 Å². The van der Waals surface area contributed by atoms with Crippen molar-refractivity contribution in [3.8, 4) is 5.75 Å². The first kappa shape index (κ1) is 12.9. The van der Waals surface area contributed by atoms with Gasteiger partial charge in [-0.05, 0) is 11.6 Å². The van der Waals surface area contributed by atoms with Crippen LogP contribution in [0.2, 0.25) is 0 Å². The van der Waals surface area contributed by atoms with Gasteiger partial charge < -0.3 is 9.57 Å². The molecular formula is C11H15F2NO2. The van der Waals surface area contributed by atoms with Crippen molar-refractivity contribution in [1.29, 1.82) is 0 Å². The Morgan fingerprint density at radius 1 is 1.38 bits per heavy atom. The van der Waals surface area contributed by atoms with E-state index in [1.165, 1.54) is 13.2 Å². The number of alkyl halides is 2. The fraction of sp³-hybridized carbons (Fsp3) is 0.455. The number of hydrogen-bond donors (Lipinski definition) is 1. The second-order valence-electron chi connectivity index (χ2n) is 3.51. The molecule has 0 fully saturated rings. The molecule has 0 aliphatic rings. The SMILES string of the molecule is COc1c(CCON)cccc1C(C)(F)F. The fourth-order valence-electron chi connectivity index (χ4n) is 1.54. The zero-order valence-corrected chi connectivity index (χ0v) is 9.30. The molecule has 3 nitrogen and oxygen atoms in total. The molecule has 0 saturated carbocycles. The molecule has 0 amide bonds. The molecular weight excluding hydrogens is 216 g/mol. The third-order valence-corrected chi connectivity index (χ3v) is 2.26. The molecule has 2 N–H and O–H groups in total. The van der Waals surface area contributed by atoms with Gasteiger partial charge in [-0.3, -0.25) is 0 Å². The Morgan fingerprint density at radius 2 is 2.06 bits per heavy atom. The van der Waals surface area contributed by atoms with E-state index in [1.54, 1.807) is 12.1 Å². The Bertz CT molecular complexity index is 350. The summed E-state index contributed by atoms with van der Waals surface area (Å²) in [7, 11) is 1.37. The van der Waals surface area contributed by atoms with Crippen LogP contribution < -0.4 is 10.6 Å². The Morgan fingerprint density at radius 3 is 2.56 bits per heavy atom. The number of methoxy groups -OCH3 is 1. The number of benzene rings is 1. The van der Waals surface area contributed by atoms with Crippen LogP contribution in [-0.2, 0) is 17.2 Å². The Labute approximate surface area is 93.1 Å². The highest BCUT2D eigenvalue weighted by Crippen LogP contribution is 2.36. The molecule has 1 aromatic carbocycles. The molecule has 1 rings (SSSR count). The first-order valence-electron chi connectivity index (χ1n) is 4.86. The quantitative estimate of drug-likeness (QED) is 0.790. The molecule has 0 unspecified atom stereocenters. The van der Waals surface area contributed by atoms with E-state index in [2.05, 4.69) is 4.84 Å². The summed E-state index contributed by atoms with van der Waals surface area (Å²) in [5.41, 5.74) is 0.538. The van der Waals surface area contributed by atoms with Gasteiger partial charge in [0, 0.05) is 13.3 Å². The summed E-state index contributed by atoms with van der Waals surface area (Å²) in [6.07, 6.45) is 0.434. The van der Waals surface area contributed by atoms with Crippen molar-refractivity contribution in [3.05, 3.63) is 29.3 Å². The van der Waals surface area contributed by atoms with Crippen LogP contribution in [0.15, 0.2) is 18.2 Å². The van der Waals surface area contributed by atoms with Crippen molar-refractivity contribution in [2.75, 3.05) is 13.7 Å². The maximum absolute atomic E-state index is 13.3. The lowest BCUT2D eigenvalue weighted by atomic mass is 10.0. The van der Waals surface area contributed by atoms with Crippen molar-refractivity contribution in [3.63, 3.8) is 0 Å². The molecule has 0 aliphatic carbocycles. The third-order valence-electron chi connectivity index (χ3n) is 2.26. The van der Waals surface area contributed by atoms with Gasteiger partial charge >= 0.3 is 0 Å². The number of nitrogens with two attached hydrogens (primary N) is 1. The first-order chi connectivity index (χ1) is 7.50. The Hall–Kier alpha value is -1.20. The molecule has 0 atom stereocenters. The Balaban J connectivity index is 3.11. The van der Waals surface area contributed by atoms with E-state index < -0.39 is 5.92 Å². The standard InChI is InChI=1S/C11H15F2NO2/c1-11(12,13)9-5-3-4-8(6-7-16-14)10(9)15-2/h3-5H,6-7,14H2,1-2H3. The molecule has 90 valence electrons. The summed E-state index contributed by atoms with van der Waals surface area (Å²) in [6.45, 7) is 1.10. The summed E-state index contributed by atoms with van der Waals surface area (Å²) in [4.78, 5) is 4.43. The van der Waals surface area contributed by atoms with Crippen LogP contribution in [-0.4, -0.2) is 13.7 Å². The van der Waals surface area contributed by atoms with Gasteiger partial charge in [0.1, 0.15) is 5.75 Å². The van der Waals surface area contributed by atoms with Crippen LogP contribution in [0.25, 0.3) is 0 Å². The number of rotatable bonds is 5. The van der Waals surface area contributed by atoms with Crippen molar-refractivity contribution in [1.82, 2.24) is 0 Å². The number of ether oxygens (including phenoxy) is 1. The van der Waals surface area contributed by atoms with Crippen molar-refractivity contribution < 1.29 is 18.4 Å². The second-order valence-corrected chi connectivity index (χ2v) is 3.51. The van der Waals surface area contributed by atoms with Gasteiger partial charge in [0.25, 0.3) is 5.92 Å². The van der Waals surface area contributed by atoms with Gasteiger partial charge in [-0.25, -0.2) is 14.7 Å². The van der Waals surface area contributed by atoms with E-state index in [0.717, 1.165) is 6.92 Å². The van der Waals surface area contributed by atoms with Crippen LogP contribution in [0.3, 0.4) is 0 Å². The molecule has 1 aromatic rings. The largest absolute Gasteiger partial charge is 0.496 e. The minimum absolute atomic E-state index is 0.121. The molecule has 5 heteroatoms. The fourth-order valence-corrected chi connectivity index (χ4v) is 1.54. The average Bonchev–Trinajstić information content (AvgIpc) is 2.24. The van der Waals surface area contributed by atoms with Gasteiger partial charge in [-0.1, -0.05) is 12.1 Å².